The van der Waals surface area contributed by atoms with Crippen LogP contribution in [0.25, 0.3) is 0 Å². The van der Waals surface area contributed by atoms with E-state index in [0.29, 0.717) is 25.7 Å². The Morgan fingerprint density at radius 3 is 2.48 bits per heavy atom. The normalized spacial score (nSPS) is 11.7. The average Bonchev–Trinajstić information content (AvgIpc) is 2.49. The van der Waals surface area contributed by atoms with E-state index in [0.717, 1.165) is 24.8 Å². The van der Waals surface area contributed by atoms with E-state index in [9.17, 15) is 14.4 Å². The van der Waals surface area contributed by atoms with Crippen LogP contribution in [0.4, 0.5) is 0 Å². The Hall–Kier alpha value is -1.97. The molecule has 0 N–H and O–H groups in total. The number of carbonyl (C=O) groups excluding carboxylic acids is 3. The van der Waals surface area contributed by atoms with Crippen LogP contribution in [0.3, 0.4) is 0 Å². The van der Waals surface area contributed by atoms with Crippen molar-refractivity contribution >= 4 is 18.0 Å². The van der Waals surface area contributed by atoms with Gasteiger partial charge in [-0.1, -0.05) is 43.2 Å². The van der Waals surface area contributed by atoms with Gasteiger partial charge >= 0.3 is 5.97 Å². The van der Waals surface area contributed by atoms with Gasteiger partial charge in [-0.05, 0) is 25.3 Å². The molecule has 0 spiro atoms. The third kappa shape index (κ3) is 7.40. The Morgan fingerprint density at radius 1 is 1.14 bits per heavy atom. The highest BCUT2D eigenvalue weighted by Gasteiger charge is 2.12. The number of hydrogen-bond donors (Lipinski definition) is 0. The van der Waals surface area contributed by atoms with Crippen LogP contribution in [0.5, 0.6) is 0 Å². The highest BCUT2D eigenvalue weighted by molar-refractivity contribution is 5.91. The van der Waals surface area contributed by atoms with E-state index in [2.05, 4.69) is 0 Å². The van der Waals surface area contributed by atoms with Crippen molar-refractivity contribution in [2.24, 2.45) is 5.92 Å². The van der Waals surface area contributed by atoms with E-state index in [4.69, 9.17) is 4.74 Å². The maximum Gasteiger partial charge on any atom is 0.306 e. The van der Waals surface area contributed by atoms with Crippen LogP contribution in [-0.2, 0) is 25.7 Å². The summed E-state index contributed by atoms with van der Waals surface area (Å²) in [6.45, 7) is 1.73. The molecule has 1 atom stereocenters. The van der Waals surface area contributed by atoms with Gasteiger partial charge < -0.3 is 9.53 Å². The van der Waals surface area contributed by atoms with E-state index in [1.54, 1.807) is 0 Å². The number of carbonyl (C=O) groups is 3. The number of Topliss-reactive ketones (excluding diaryl/α,β-unsaturated/α-hetero) is 1. The first-order chi connectivity index (χ1) is 10.1. The molecule has 4 heteroatoms. The summed E-state index contributed by atoms with van der Waals surface area (Å²) < 4.78 is 5.17. The van der Waals surface area contributed by atoms with Crippen LogP contribution in [0, 0.1) is 5.92 Å². The van der Waals surface area contributed by atoms with Gasteiger partial charge in [0, 0.05) is 6.42 Å². The highest BCUT2D eigenvalue weighted by atomic mass is 16.5. The van der Waals surface area contributed by atoms with Gasteiger partial charge in [-0.2, -0.15) is 0 Å². The lowest BCUT2D eigenvalue weighted by atomic mass is 9.99. The molecule has 1 aromatic carbocycles. The van der Waals surface area contributed by atoms with Gasteiger partial charge in [-0.3, -0.25) is 9.59 Å². The highest BCUT2D eigenvalue weighted by Crippen LogP contribution is 2.11. The number of aldehydes is 1. The van der Waals surface area contributed by atoms with Crippen LogP contribution in [-0.4, -0.2) is 18.0 Å². The Balaban J connectivity index is 2.08. The maximum atomic E-state index is 11.5. The molecular formula is C17H22O4. The number of hydrogen-bond acceptors (Lipinski definition) is 4. The molecule has 0 aromatic heterocycles. The van der Waals surface area contributed by atoms with Gasteiger partial charge in [0.05, 0.1) is 5.92 Å². The third-order valence-corrected chi connectivity index (χ3v) is 3.33. The zero-order valence-corrected chi connectivity index (χ0v) is 12.4. The summed E-state index contributed by atoms with van der Waals surface area (Å²) in [6, 6.07) is 9.55. The number of ether oxygens (including phenoxy) is 1. The number of benzene rings is 1. The monoisotopic (exact) mass is 290 g/mol. The molecule has 0 bridgehead atoms. The molecule has 1 rings (SSSR count). The van der Waals surface area contributed by atoms with Gasteiger partial charge in [-0.15, -0.1) is 0 Å². The lowest BCUT2D eigenvalue weighted by Crippen LogP contribution is -2.12. The minimum Gasteiger partial charge on any atom is -0.461 e. The largest absolute Gasteiger partial charge is 0.461 e. The van der Waals surface area contributed by atoms with E-state index in [-0.39, 0.29) is 11.8 Å². The standard InChI is InChI=1S/C17H22O4/c1-14(19)16(12-18)10-6-3-7-11-17(20)21-13-15-8-4-2-5-9-15/h2,4-5,8-9,12,16H,3,6-7,10-11,13H2,1H3/t16-/m0/s1. The van der Waals surface area contributed by atoms with E-state index >= 15 is 0 Å². The molecule has 4 nitrogen and oxygen atoms in total. The first-order valence-corrected chi connectivity index (χ1v) is 7.28. The average molecular weight is 290 g/mol. The molecule has 0 heterocycles. The number of ketones is 1. The molecule has 0 aliphatic heterocycles. The van der Waals surface area contributed by atoms with Crippen molar-refractivity contribution in [2.75, 3.05) is 0 Å². The van der Waals surface area contributed by atoms with E-state index in [1.165, 1.54) is 6.92 Å². The van der Waals surface area contributed by atoms with Crippen molar-refractivity contribution < 1.29 is 19.1 Å². The van der Waals surface area contributed by atoms with Crippen LogP contribution in [0.1, 0.15) is 44.6 Å². The number of rotatable bonds is 10. The van der Waals surface area contributed by atoms with Crippen molar-refractivity contribution in [3.8, 4) is 0 Å². The zero-order valence-electron chi connectivity index (χ0n) is 12.4. The minimum atomic E-state index is -0.491. The fourth-order valence-corrected chi connectivity index (χ4v) is 1.99. The minimum absolute atomic E-state index is 0.0905. The van der Waals surface area contributed by atoms with E-state index in [1.807, 2.05) is 30.3 Å². The Bertz CT molecular complexity index is 453. The summed E-state index contributed by atoms with van der Waals surface area (Å²) >= 11 is 0. The maximum absolute atomic E-state index is 11.5. The molecule has 0 aliphatic carbocycles. The summed E-state index contributed by atoms with van der Waals surface area (Å²) in [4.78, 5) is 33.3. The predicted octanol–water partition coefficient (Wildman–Crippen LogP) is 3.08. The Labute approximate surface area is 125 Å². The van der Waals surface area contributed by atoms with Crippen LogP contribution in [0.2, 0.25) is 0 Å². The van der Waals surface area contributed by atoms with Crippen molar-refractivity contribution in [3.05, 3.63) is 35.9 Å². The topological polar surface area (TPSA) is 60.4 Å². The molecule has 21 heavy (non-hydrogen) atoms. The molecule has 0 aliphatic rings. The molecule has 1 aromatic rings. The van der Waals surface area contributed by atoms with Gasteiger partial charge in [-0.25, -0.2) is 0 Å². The van der Waals surface area contributed by atoms with Crippen LogP contribution >= 0.6 is 0 Å². The molecular weight excluding hydrogens is 268 g/mol. The second-order valence-corrected chi connectivity index (χ2v) is 5.10. The fourth-order valence-electron chi connectivity index (χ4n) is 1.99. The van der Waals surface area contributed by atoms with Crippen molar-refractivity contribution in [1.29, 1.82) is 0 Å². The molecule has 0 saturated heterocycles. The lowest BCUT2D eigenvalue weighted by Gasteiger charge is -2.06. The molecule has 0 unspecified atom stereocenters. The van der Waals surface area contributed by atoms with E-state index < -0.39 is 5.92 Å². The van der Waals surface area contributed by atoms with Crippen molar-refractivity contribution in [3.63, 3.8) is 0 Å². The zero-order chi connectivity index (χ0) is 15.5. The molecule has 0 fully saturated rings. The van der Waals surface area contributed by atoms with Crippen LogP contribution < -0.4 is 0 Å². The van der Waals surface area contributed by atoms with Gasteiger partial charge in [0.25, 0.3) is 0 Å². The Morgan fingerprint density at radius 2 is 1.86 bits per heavy atom. The lowest BCUT2D eigenvalue weighted by molar-refractivity contribution is -0.145. The van der Waals surface area contributed by atoms with Gasteiger partial charge in [0.1, 0.15) is 18.7 Å². The third-order valence-electron chi connectivity index (χ3n) is 3.33. The summed E-state index contributed by atoms with van der Waals surface area (Å²) in [5, 5.41) is 0. The van der Waals surface area contributed by atoms with Gasteiger partial charge in [0.2, 0.25) is 0 Å². The van der Waals surface area contributed by atoms with Crippen molar-refractivity contribution in [1.82, 2.24) is 0 Å². The SMILES string of the molecule is CC(=O)[C@H](C=O)CCCCCC(=O)OCc1ccccc1. The molecule has 114 valence electrons. The summed E-state index contributed by atoms with van der Waals surface area (Å²) in [7, 11) is 0. The summed E-state index contributed by atoms with van der Waals surface area (Å²) in [6.07, 6.45) is 3.96. The number of esters is 1. The van der Waals surface area contributed by atoms with Crippen LogP contribution in [0.15, 0.2) is 30.3 Å². The fraction of sp³-hybridized carbons (Fsp3) is 0.471. The molecule has 0 amide bonds. The quantitative estimate of drug-likeness (QED) is 0.287. The van der Waals surface area contributed by atoms with Crippen molar-refractivity contribution in [2.45, 2.75) is 45.6 Å². The first-order valence-electron chi connectivity index (χ1n) is 7.28. The smallest absolute Gasteiger partial charge is 0.306 e. The Kier molecular flexibility index (Phi) is 8.02. The predicted molar refractivity (Wildman–Crippen MR) is 79.6 cm³/mol. The first kappa shape index (κ1) is 17.1. The molecule has 0 saturated carbocycles. The second-order valence-electron chi connectivity index (χ2n) is 5.10. The summed E-state index contributed by atoms with van der Waals surface area (Å²) in [5.74, 6) is -0.792. The number of unbranched alkanes of at least 4 members (excludes halogenated alkanes) is 2. The molecule has 0 radical (unpaired) electrons. The summed E-state index contributed by atoms with van der Waals surface area (Å²) in [5.41, 5.74) is 0.973. The van der Waals surface area contributed by atoms with Gasteiger partial charge in [0.15, 0.2) is 0 Å². The second kappa shape index (κ2) is 9.86.